The first-order valence-corrected chi connectivity index (χ1v) is 46.1. The summed E-state index contributed by atoms with van der Waals surface area (Å²) < 4.78 is 5.46. The average Bonchev–Trinajstić information content (AvgIpc) is 1.75. The summed E-state index contributed by atoms with van der Waals surface area (Å²) in [5.41, 5.74) is 14.1. The lowest BCUT2D eigenvalue weighted by atomic mass is 10.00. The van der Waals surface area contributed by atoms with E-state index >= 15 is 38.4 Å². The number of aliphatic hydroxyl groups excluding tert-OH is 1. The molecule has 0 bridgehead atoms. The first-order valence-electron chi connectivity index (χ1n) is 44.9. The van der Waals surface area contributed by atoms with Gasteiger partial charge in [-0.2, -0.15) is 0 Å². The Bertz CT molecular complexity index is 5210. The third-order valence-electron chi connectivity index (χ3n) is 24.0. The molecule has 0 spiro atoms. The van der Waals surface area contributed by atoms with Gasteiger partial charge < -0.3 is 129 Å². The van der Waals surface area contributed by atoms with E-state index in [1.807, 2.05) is 6.92 Å². The van der Waals surface area contributed by atoms with Crippen molar-refractivity contribution in [3.05, 3.63) is 120 Å². The number of hydrogen-bond donors (Lipinski definition) is 20. The molecule has 3 aromatic carbocycles. The number of carbonyl (C=O) groups is 17. The number of nitrogens with one attached hydrogen (secondary N) is 15. The van der Waals surface area contributed by atoms with Crippen LogP contribution in [-0.2, 0) is 112 Å². The van der Waals surface area contributed by atoms with Crippen molar-refractivity contribution < 1.29 is 102 Å². The number of benzene rings is 3. The van der Waals surface area contributed by atoms with Crippen molar-refractivity contribution in [3.8, 4) is 5.75 Å². The number of phenols is 1. The van der Waals surface area contributed by atoms with E-state index in [2.05, 4.69) is 78.4 Å². The first-order chi connectivity index (χ1) is 64.4. The number of carboxylic acids is 1. The number of hydrogen-bond acceptors (Lipinski definition) is 23. The van der Waals surface area contributed by atoms with Gasteiger partial charge in [0.2, 0.25) is 94.5 Å². The molecule has 0 radical (unpaired) electrons. The number of aromatic nitrogens is 4. The van der Waals surface area contributed by atoms with E-state index in [0.717, 1.165) is 31.4 Å². The third-order valence-corrected chi connectivity index (χ3v) is 25.1. The average molecular weight is 1900 g/mol. The Labute approximate surface area is 783 Å². The van der Waals surface area contributed by atoms with Crippen LogP contribution in [0.3, 0.4) is 0 Å². The molecule has 3 aliphatic rings. The summed E-state index contributed by atoms with van der Waals surface area (Å²) in [5.74, 6) is -18.5. The smallest absolute Gasteiger partial charge is 0.305 e. The van der Waals surface area contributed by atoms with E-state index in [0.29, 0.717) is 57.0 Å². The Morgan fingerprint density at radius 1 is 0.570 bits per heavy atom. The lowest BCUT2D eigenvalue weighted by Gasteiger charge is -2.36. The molecule has 22 N–H and O–H groups in total. The summed E-state index contributed by atoms with van der Waals surface area (Å²) in [6.45, 7) is 4.45. The highest BCUT2D eigenvalue weighted by molar-refractivity contribution is 8.00. The predicted octanol–water partition coefficient (Wildman–Crippen LogP) is -2.45. The number of ether oxygens (including phenoxy) is 1. The van der Waals surface area contributed by atoms with E-state index in [1.54, 1.807) is 74.8 Å². The summed E-state index contributed by atoms with van der Waals surface area (Å²) in [5, 5.41) is 69.9. The molecule has 3 saturated heterocycles. The van der Waals surface area contributed by atoms with Crippen molar-refractivity contribution in [1.29, 1.82) is 5.41 Å². The SMILES string of the molecule is CCCC[C@H]1C(=O)N(C)[C@@H](CCOC)C(=O)N[C@@H](CCCNC(=N)N)C(=O)N[C@H](C(=O)NCC(N)=O)CSCC(=O)N[C@@H](Cc2ccc(O)cc2)C(=O)N(C)[C@@H](C)C(=O)N[C@@H](CC(=O)O)C(=O)N2CCC[C@H]2C(=O)N[C@@H](Cc2cnc[nH]2)C(=O)N[C@@H](CC(C)C)C(=O)N2CCC[C@@H]2C(=O)N[C@@H](Cc2c[nH]c3ccccc23)C(=O)N[C@@H](CO)C(=O)N[C@@H](Cc2c[nH]c3ccccc23)C(=O)N1C. The number of carboxylic acid groups (broad SMARTS) is 1. The molecule has 3 aliphatic heterocycles. The number of aliphatic hydroxyl groups is 1. The van der Waals surface area contributed by atoms with Crippen LogP contribution in [-0.4, -0.2) is 330 Å². The lowest BCUT2D eigenvalue weighted by Crippen LogP contribution is -2.62. The minimum absolute atomic E-state index is 0.0109. The van der Waals surface area contributed by atoms with Gasteiger partial charge in [-0.3, -0.25) is 86.9 Å². The number of aliphatic carboxylic acids is 1. The Morgan fingerprint density at radius 3 is 1.66 bits per heavy atom. The summed E-state index contributed by atoms with van der Waals surface area (Å²) in [6, 6.07) is -2.12. The van der Waals surface area contributed by atoms with Crippen LogP contribution >= 0.6 is 11.8 Å². The number of H-pyrrole nitrogens is 3. The van der Waals surface area contributed by atoms with Crippen molar-refractivity contribution in [2.45, 2.75) is 215 Å². The standard InChI is InChI=1S/C90H125N23O21S/c1-9-10-23-72-89(133)110(6)69(30-34-134-8)82(126)101-60(22-15-31-95-90(92)93)78(122)108-68(77(121)98-44-73(91)116)46-135-47-74(117)100-64(36-51-26-28-55(115)29-27-51)85(129)109(5)50(4)76(120)104-66(40-75(118)119)88(132)113-33-17-25-71(113)84(128)103-62(39-54-43-94-48-99-54)80(124)105-63(35-49(2)3)87(131)112-32-16-24-70(112)83(127)102-61(37-52-41-96-58-20-13-11-18-56(52)58)79(123)107-67(45-114)81(125)106-65(86(130)111(72)7)38-53-42-97-59-21-14-12-19-57(53)59/h11-14,18-21,26-29,41-43,48-50,60-72,96-97,114-115H,9-10,15-17,22-25,30-40,44-47H2,1-8H3,(H2,91,116)(H,94,99)(H,98,121)(H,100,117)(H,101,126)(H,102,127)(H,103,128)(H,104,120)(H,105,124)(H,106,125)(H,107,123)(H,108,122)(H,118,119)(H4,92,93,95)/t50-,60-,61-,62-,63-,64-,65-,66-,67-,68-,69-,70+,71-,72-/m0/s1. The number of aromatic amines is 3. The van der Waals surface area contributed by atoms with Crippen LogP contribution in [0.2, 0.25) is 0 Å². The van der Waals surface area contributed by atoms with Gasteiger partial charge >= 0.3 is 5.97 Å². The Kier molecular flexibility index (Phi) is 39.2. The number of likely N-dealkylation sites (N-methyl/N-ethyl adjacent to an activating group) is 3. The van der Waals surface area contributed by atoms with E-state index < -0.39 is 222 Å². The minimum Gasteiger partial charge on any atom is -0.508 e. The fraction of sp³-hybridized carbons (Fsp3) is 0.522. The minimum atomic E-state index is -1.89. The molecular weight excluding hydrogens is 1770 g/mol. The van der Waals surface area contributed by atoms with Crippen molar-refractivity contribution in [2.24, 2.45) is 17.4 Å². The number of phenolic OH excluding ortho intramolecular Hbond substituents is 1. The molecule has 0 saturated carbocycles. The molecule has 9 rings (SSSR count). The molecule has 6 heterocycles. The number of unbranched alkanes of at least 4 members (excludes halogenated alkanes) is 1. The number of amides is 16. The number of primary amides is 1. The van der Waals surface area contributed by atoms with E-state index in [-0.39, 0.29) is 121 Å². The molecule has 0 unspecified atom stereocenters. The Morgan fingerprint density at radius 2 is 1.10 bits per heavy atom. The van der Waals surface area contributed by atoms with Crippen LogP contribution in [0.1, 0.15) is 127 Å². The van der Waals surface area contributed by atoms with Gasteiger partial charge in [0.25, 0.3) is 0 Å². The number of thioether (sulfide) groups is 1. The van der Waals surface area contributed by atoms with Gasteiger partial charge in [0, 0.05) is 138 Å². The van der Waals surface area contributed by atoms with Crippen LogP contribution in [0.5, 0.6) is 5.75 Å². The molecule has 135 heavy (non-hydrogen) atoms. The number of guanidine groups is 1. The number of aromatic hydroxyl groups is 1. The summed E-state index contributed by atoms with van der Waals surface area (Å²) in [7, 11) is 5.15. The fourth-order valence-electron chi connectivity index (χ4n) is 16.6. The summed E-state index contributed by atoms with van der Waals surface area (Å²) >= 11 is 0.742. The Balaban J connectivity index is 1.10. The summed E-state index contributed by atoms with van der Waals surface area (Å²) in [4.78, 5) is 269. The molecule has 16 amide bonds. The van der Waals surface area contributed by atoms with Gasteiger partial charge in [-0.1, -0.05) is 82.1 Å². The molecular formula is C90H125N23O21S. The van der Waals surface area contributed by atoms with Crippen LogP contribution in [0.15, 0.2) is 97.7 Å². The zero-order valence-corrected chi connectivity index (χ0v) is 77.6. The molecule has 3 fully saturated rings. The maximum Gasteiger partial charge on any atom is 0.305 e. The monoisotopic (exact) mass is 1900 g/mol. The lowest BCUT2D eigenvalue weighted by molar-refractivity contribution is -0.149. The van der Waals surface area contributed by atoms with Crippen LogP contribution in [0, 0.1) is 11.3 Å². The van der Waals surface area contributed by atoms with E-state index in [1.165, 1.54) is 76.9 Å². The third kappa shape index (κ3) is 29.4. The zero-order chi connectivity index (χ0) is 98.4. The van der Waals surface area contributed by atoms with Crippen molar-refractivity contribution in [1.82, 2.24) is 103 Å². The summed E-state index contributed by atoms with van der Waals surface area (Å²) in [6.07, 6.45) is 4.55. The molecule has 45 heteroatoms. The quantitative estimate of drug-likeness (QED) is 0.0152. The highest BCUT2D eigenvalue weighted by Crippen LogP contribution is 2.28. The number of nitrogens with zero attached hydrogens (tertiary/aromatic N) is 6. The predicted molar refractivity (Wildman–Crippen MR) is 494 cm³/mol. The van der Waals surface area contributed by atoms with Gasteiger partial charge in [0.05, 0.1) is 31.7 Å². The number of rotatable bonds is 26. The topological polar surface area (TPSA) is 645 Å². The maximum atomic E-state index is 15.7. The number of para-hydroxylation sites is 2. The van der Waals surface area contributed by atoms with Crippen molar-refractivity contribution >= 4 is 140 Å². The van der Waals surface area contributed by atoms with Crippen LogP contribution in [0.25, 0.3) is 21.8 Å². The number of fused-ring (bicyclic) bond motifs is 4. The van der Waals surface area contributed by atoms with Gasteiger partial charge in [0.1, 0.15) is 90.3 Å². The van der Waals surface area contributed by atoms with Crippen molar-refractivity contribution in [2.75, 3.05) is 79.2 Å². The van der Waals surface area contributed by atoms with Crippen LogP contribution < -0.4 is 70.0 Å². The molecule has 732 valence electrons. The molecule has 44 nitrogen and oxygen atoms in total. The normalized spacial score (nSPS) is 24.2. The second kappa shape index (κ2) is 50.4. The largest absolute Gasteiger partial charge is 0.508 e. The fourth-order valence-corrected chi connectivity index (χ4v) is 17.4. The highest BCUT2D eigenvalue weighted by atomic mass is 32.2. The maximum absolute atomic E-state index is 15.7. The van der Waals surface area contributed by atoms with E-state index in [9.17, 15) is 58.5 Å². The zero-order valence-electron chi connectivity index (χ0n) is 76.8. The molecule has 6 aromatic rings. The van der Waals surface area contributed by atoms with Gasteiger partial charge in [-0.25, -0.2) is 4.98 Å². The molecule has 3 aromatic heterocycles. The van der Waals surface area contributed by atoms with Crippen LogP contribution in [0.4, 0.5) is 0 Å². The van der Waals surface area contributed by atoms with Gasteiger partial charge in [-0.05, 0) is 105 Å². The number of methoxy groups -OCH3 is 1. The molecule has 0 aliphatic carbocycles. The number of nitrogens with two attached hydrogens (primary N) is 2. The van der Waals surface area contributed by atoms with Gasteiger partial charge in [-0.15, -0.1) is 11.8 Å². The first kappa shape index (κ1) is 105. The Hall–Kier alpha value is -13.7. The second-order valence-electron chi connectivity index (χ2n) is 34.3. The van der Waals surface area contributed by atoms with E-state index in [4.69, 9.17) is 21.6 Å². The highest BCUT2D eigenvalue weighted by Gasteiger charge is 2.46. The van der Waals surface area contributed by atoms with Gasteiger partial charge in [0.15, 0.2) is 5.96 Å². The molecule has 14 atom stereocenters. The van der Waals surface area contributed by atoms with Crippen molar-refractivity contribution in [3.63, 3.8) is 0 Å². The second-order valence-corrected chi connectivity index (χ2v) is 35.4. The number of imidazole rings is 1. The number of carbonyl (C=O) groups excluding carboxylic acids is 16.